The largest absolute Gasteiger partial charge is 0.316 e. The number of hydrogen-bond acceptors (Lipinski definition) is 3. The summed E-state index contributed by atoms with van der Waals surface area (Å²) in [5, 5.41) is 13.9. The van der Waals surface area contributed by atoms with Crippen LogP contribution < -0.4 is 5.48 Å². The average Bonchev–Trinajstić information content (AvgIpc) is 2.43. The van der Waals surface area contributed by atoms with Crippen molar-refractivity contribution in [2.75, 3.05) is 0 Å². The summed E-state index contributed by atoms with van der Waals surface area (Å²) < 4.78 is 2.65. The van der Waals surface area contributed by atoms with E-state index in [1.54, 1.807) is 4.68 Å². The molecule has 14 heavy (non-hydrogen) atoms. The van der Waals surface area contributed by atoms with Gasteiger partial charge in [-0.15, -0.1) is 0 Å². The number of benzene rings is 1. The Bertz CT molecular complexity index is 466. The van der Waals surface area contributed by atoms with Crippen molar-refractivity contribution in [1.29, 1.82) is 0 Å². The average molecular weight is 256 g/mol. The predicted molar refractivity (Wildman–Crippen MR) is 57.0 cm³/mol. The predicted octanol–water partition coefficient (Wildman–Crippen LogP) is 1.81. The van der Waals surface area contributed by atoms with Crippen molar-refractivity contribution in [3.05, 3.63) is 28.4 Å². The molecular formula is C9H10BrN3O. The van der Waals surface area contributed by atoms with Crippen molar-refractivity contribution in [3.63, 3.8) is 0 Å². The first kappa shape index (κ1) is 9.64. The molecule has 0 amide bonds. The fraction of sp³-hybridized carbons (Fsp3) is 0.222. The molecule has 0 aliphatic heterocycles. The van der Waals surface area contributed by atoms with Gasteiger partial charge in [-0.05, 0) is 33.6 Å². The maximum absolute atomic E-state index is 8.58. The Morgan fingerprint density at radius 3 is 3.07 bits per heavy atom. The molecule has 0 saturated carbocycles. The van der Waals surface area contributed by atoms with Gasteiger partial charge in [-0.1, -0.05) is 6.07 Å². The van der Waals surface area contributed by atoms with Crippen LogP contribution in [0.15, 0.2) is 22.8 Å². The molecule has 0 aliphatic rings. The molecular weight excluding hydrogens is 246 g/mol. The molecule has 0 aliphatic carbocycles. The summed E-state index contributed by atoms with van der Waals surface area (Å²) in [6.45, 7) is 0.443. The lowest BCUT2D eigenvalue weighted by Gasteiger charge is -2.00. The van der Waals surface area contributed by atoms with Gasteiger partial charge in [0, 0.05) is 19.0 Å². The number of halogens is 1. The lowest BCUT2D eigenvalue weighted by atomic mass is 10.2. The Balaban J connectivity index is 2.59. The maximum Gasteiger partial charge on any atom is 0.135 e. The van der Waals surface area contributed by atoms with E-state index in [1.807, 2.05) is 25.2 Å². The molecule has 0 unspecified atom stereocenters. The minimum absolute atomic E-state index is 0.443. The van der Waals surface area contributed by atoms with E-state index < -0.39 is 0 Å². The zero-order chi connectivity index (χ0) is 10.1. The normalized spacial score (nSPS) is 11.1. The van der Waals surface area contributed by atoms with Crippen molar-refractivity contribution in [2.24, 2.45) is 7.05 Å². The molecule has 4 nitrogen and oxygen atoms in total. The fourth-order valence-electron chi connectivity index (χ4n) is 1.46. The third kappa shape index (κ3) is 1.54. The number of hydrogen-bond donors (Lipinski definition) is 2. The molecule has 0 saturated heterocycles. The molecule has 1 aromatic heterocycles. The van der Waals surface area contributed by atoms with E-state index in [2.05, 4.69) is 26.5 Å². The lowest BCUT2D eigenvalue weighted by molar-refractivity contribution is 0.161. The van der Waals surface area contributed by atoms with Gasteiger partial charge in [0.2, 0.25) is 0 Å². The van der Waals surface area contributed by atoms with Gasteiger partial charge < -0.3 is 5.21 Å². The molecule has 0 radical (unpaired) electrons. The van der Waals surface area contributed by atoms with Gasteiger partial charge >= 0.3 is 0 Å². The highest BCUT2D eigenvalue weighted by molar-refractivity contribution is 9.10. The molecule has 2 rings (SSSR count). The van der Waals surface area contributed by atoms with Crippen LogP contribution in [0.2, 0.25) is 0 Å². The van der Waals surface area contributed by atoms with Crippen LogP contribution in [0.4, 0.5) is 0 Å². The van der Waals surface area contributed by atoms with Crippen LogP contribution in [-0.4, -0.2) is 15.0 Å². The van der Waals surface area contributed by atoms with Gasteiger partial charge in [-0.25, -0.2) is 5.48 Å². The number of fused-ring (bicyclic) bond motifs is 1. The van der Waals surface area contributed by atoms with Crippen molar-refractivity contribution in [1.82, 2.24) is 15.3 Å². The Labute approximate surface area is 89.6 Å². The summed E-state index contributed by atoms with van der Waals surface area (Å²) >= 11 is 3.38. The monoisotopic (exact) mass is 255 g/mol. The second-order valence-corrected chi connectivity index (χ2v) is 3.85. The first-order valence-corrected chi connectivity index (χ1v) is 5.00. The van der Waals surface area contributed by atoms with E-state index in [4.69, 9.17) is 5.21 Å². The van der Waals surface area contributed by atoms with Crippen molar-refractivity contribution in [2.45, 2.75) is 6.54 Å². The zero-order valence-electron chi connectivity index (χ0n) is 7.66. The molecule has 0 fully saturated rings. The first-order chi connectivity index (χ1) is 6.72. The summed E-state index contributed by atoms with van der Waals surface area (Å²) in [7, 11) is 1.89. The highest BCUT2D eigenvalue weighted by atomic mass is 79.9. The fourth-order valence-corrected chi connectivity index (χ4v) is 2.03. The van der Waals surface area contributed by atoms with Crippen molar-refractivity contribution >= 4 is 26.8 Å². The number of aryl methyl sites for hydroxylation is 1. The molecule has 2 N–H and O–H groups in total. The number of hydroxylamine groups is 1. The van der Waals surface area contributed by atoms with Crippen LogP contribution in [0.5, 0.6) is 0 Å². The second kappa shape index (κ2) is 3.68. The van der Waals surface area contributed by atoms with Gasteiger partial charge in [-0.3, -0.25) is 4.68 Å². The van der Waals surface area contributed by atoms with Crippen LogP contribution in [0, 0.1) is 0 Å². The van der Waals surface area contributed by atoms with E-state index in [1.165, 1.54) is 0 Å². The molecule has 1 heterocycles. The quantitative estimate of drug-likeness (QED) is 0.806. The topological polar surface area (TPSA) is 50.1 Å². The summed E-state index contributed by atoms with van der Waals surface area (Å²) in [6, 6.07) is 5.94. The molecule has 0 spiro atoms. The Morgan fingerprint density at radius 2 is 2.36 bits per heavy atom. The van der Waals surface area contributed by atoms with Crippen LogP contribution >= 0.6 is 15.9 Å². The molecule has 74 valence electrons. The molecule has 5 heteroatoms. The lowest BCUT2D eigenvalue weighted by Crippen LogP contribution is -2.05. The summed E-state index contributed by atoms with van der Waals surface area (Å²) in [5.74, 6) is 0. The second-order valence-electron chi connectivity index (χ2n) is 3.10. The van der Waals surface area contributed by atoms with Gasteiger partial charge in [0.05, 0.1) is 5.52 Å². The third-order valence-corrected chi connectivity index (χ3v) is 2.74. The highest BCUT2D eigenvalue weighted by Gasteiger charge is 2.05. The van der Waals surface area contributed by atoms with E-state index in [-0.39, 0.29) is 0 Å². The SMILES string of the molecule is Cn1nc(Br)c2ccc(CNO)cc21. The smallest absolute Gasteiger partial charge is 0.135 e. The molecule has 1 aromatic carbocycles. The summed E-state index contributed by atoms with van der Waals surface area (Å²) in [4.78, 5) is 0. The van der Waals surface area contributed by atoms with Crippen LogP contribution in [0.1, 0.15) is 5.56 Å². The Morgan fingerprint density at radius 1 is 1.57 bits per heavy atom. The number of rotatable bonds is 2. The van der Waals surface area contributed by atoms with Crippen LogP contribution in [-0.2, 0) is 13.6 Å². The van der Waals surface area contributed by atoms with Gasteiger partial charge in [0.15, 0.2) is 0 Å². The third-order valence-electron chi connectivity index (χ3n) is 2.15. The maximum atomic E-state index is 8.58. The van der Waals surface area contributed by atoms with Gasteiger partial charge in [0.1, 0.15) is 4.60 Å². The number of nitrogens with zero attached hydrogens (tertiary/aromatic N) is 2. The minimum Gasteiger partial charge on any atom is -0.316 e. The highest BCUT2D eigenvalue weighted by Crippen LogP contribution is 2.23. The summed E-state index contributed by atoms with van der Waals surface area (Å²) in [6.07, 6.45) is 0. The standard InChI is InChI=1S/C9H10BrN3O/c1-13-8-4-6(5-11-14)2-3-7(8)9(10)12-13/h2-4,11,14H,5H2,1H3. The van der Waals surface area contributed by atoms with E-state index in [9.17, 15) is 0 Å². The van der Waals surface area contributed by atoms with Crippen LogP contribution in [0.3, 0.4) is 0 Å². The molecule has 0 bridgehead atoms. The zero-order valence-corrected chi connectivity index (χ0v) is 9.24. The van der Waals surface area contributed by atoms with Crippen molar-refractivity contribution < 1.29 is 5.21 Å². The Hall–Kier alpha value is -0.910. The van der Waals surface area contributed by atoms with Gasteiger partial charge in [0.25, 0.3) is 0 Å². The van der Waals surface area contributed by atoms with E-state index in [0.29, 0.717) is 6.54 Å². The van der Waals surface area contributed by atoms with E-state index >= 15 is 0 Å². The number of nitrogens with one attached hydrogen (secondary N) is 1. The number of aromatic nitrogens is 2. The first-order valence-electron chi connectivity index (χ1n) is 4.20. The molecule has 2 aromatic rings. The minimum atomic E-state index is 0.443. The summed E-state index contributed by atoms with van der Waals surface area (Å²) in [5.41, 5.74) is 4.20. The van der Waals surface area contributed by atoms with Crippen LogP contribution in [0.25, 0.3) is 10.9 Å². The van der Waals surface area contributed by atoms with E-state index in [0.717, 1.165) is 21.1 Å². The molecule has 0 atom stereocenters. The van der Waals surface area contributed by atoms with Crippen molar-refractivity contribution in [3.8, 4) is 0 Å². The van der Waals surface area contributed by atoms with Gasteiger partial charge in [-0.2, -0.15) is 5.10 Å². The Kier molecular flexibility index (Phi) is 2.54.